The first-order chi connectivity index (χ1) is 18.6. The molecule has 3 aromatic rings. The Labute approximate surface area is 222 Å². The number of alkyl carbamates (subject to hydrolysis) is 1. The molecule has 0 aliphatic carbocycles. The lowest BCUT2D eigenvalue weighted by molar-refractivity contribution is -0.131. The molecule has 0 spiro atoms. The SMILES string of the molecule is COCCOc1ccc(N2CCC[C@@H]2c2ccc3nc([C@@H]4CCCN4C(=O)CNC(=O)OC)[nH]c3c2)cc1. The number of H-pyrrole nitrogens is 1. The molecule has 2 fully saturated rings. The molecule has 2 amide bonds. The minimum Gasteiger partial charge on any atom is -0.491 e. The number of rotatable bonds is 9. The number of hydrogen-bond acceptors (Lipinski definition) is 7. The molecule has 0 radical (unpaired) electrons. The number of amides is 2. The van der Waals surface area contributed by atoms with Crippen LogP contribution in [0.1, 0.15) is 49.2 Å². The summed E-state index contributed by atoms with van der Waals surface area (Å²) in [4.78, 5) is 36.7. The van der Waals surface area contributed by atoms with Gasteiger partial charge < -0.3 is 34.3 Å². The number of nitrogens with one attached hydrogen (secondary N) is 2. The Hall–Kier alpha value is -3.79. The Morgan fingerprint density at radius 2 is 1.82 bits per heavy atom. The van der Waals surface area contributed by atoms with Crippen molar-refractivity contribution in [2.24, 2.45) is 0 Å². The number of carbonyl (C=O) groups excluding carboxylic acids is 2. The quantitative estimate of drug-likeness (QED) is 0.411. The Morgan fingerprint density at radius 3 is 2.61 bits per heavy atom. The van der Waals surface area contributed by atoms with Gasteiger partial charge in [0.2, 0.25) is 5.91 Å². The van der Waals surface area contributed by atoms with Crippen molar-refractivity contribution >= 4 is 28.7 Å². The fourth-order valence-corrected chi connectivity index (χ4v) is 5.48. The van der Waals surface area contributed by atoms with E-state index in [-0.39, 0.29) is 24.5 Å². The van der Waals surface area contributed by atoms with Gasteiger partial charge in [-0.2, -0.15) is 0 Å². The van der Waals surface area contributed by atoms with E-state index in [0.29, 0.717) is 19.8 Å². The highest BCUT2D eigenvalue weighted by molar-refractivity contribution is 5.83. The molecule has 2 aromatic carbocycles. The normalized spacial score (nSPS) is 19.2. The average Bonchev–Trinajstić information content (AvgIpc) is 3.70. The number of likely N-dealkylation sites (tertiary alicyclic amines) is 1. The molecule has 10 heteroatoms. The van der Waals surface area contributed by atoms with Crippen LogP contribution in [0.15, 0.2) is 42.5 Å². The van der Waals surface area contributed by atoms with Gasteiger partial charge in [0.05, 0.1) is 36.8 Å². The van der Waals surface area contributed by atoms with Crippen molar-refractivity contribution in [3.8, 4) is 5.75 Å². The number of aromatic amines is 1. The lowest BCUT2D eigenvalue weighted by Crippen LogP contribution is -2.40. The van der Waals surface area contributed by atoms with Gasteiger partial charge in [-0.1, -0.05) is 6.07 Å². The predicted molar refractivity (Wildman–Crippen MR) is 143 cm³/mol. The summed E-state index contributed by atoms with van der Waals surface area (Å²) in [6.45, 7) is 2.65. The lowest BCUT2D eigenvalue weighted by Gasteiger charge is -2.27. The first-order valence-corrected chi connectivity index (χ1v) is 13.2. The Balaban J connectivity index is 1.30. The van der Waals surface area contributed by atoms with Crippen LogP contribution in [-0.4, -0.2) is 73.9 Å². The number of anilines is 1. The van der Waals surface area contributed by atoms with Crippen molar-refractivity contribution in [1.82, 2.24) is 20.2 Å². The van der Waals surface area contributed by atoms with Gasteiger partial charge in [-0.15, -0.1) is 0 Å². The van der Waals surface area contributed by atoms with E-state index in [4.69, 9.17) is 14.5 Å². The number of methoxy groups -OCH3 is 2. The Kier molecular flexibility index (Phi) is 7.97. The van der Waals surface area contributed by atoms with E-state index in [1.165, 1.54) is 18.4 Å². The van der Waals surface area contributed by atoms with Crippen LogP contribution in [0.3, 0.4) is 0 Å². The molecular weight excluding hydrogens is 486 g/mol. The van der Waals surface area contributed by atoms with Crippen LogP contribution < -0.4 is 15.0 Å². The van der Waals surface area contributed by atoms with Crippen LogP contribution >= 0.6 is 0 Å². The largest absolute Gasteiger partial charge is 0.491 e. The van der Waals surface area contributed by atoms with Gasteiger partial charge in [0.15, 0.2) is 0 Å². The molecule has 2 aliphatic rings. The van der Waals surface area contributed by atoms with E-state index in [1.807, 2.05) is 12.1 Å². The summed E-state index contributed by atoms with van der Waals surface area (Å²) in [6.07, 6.45) is 3.32. The second-order valence-corrected chi connectivity index (χ2v) is 9.68. The highest BCUT2D eigenvalue weighted by Crippen LogP contribution is 2.38. The van der Waals surface area contributed by atoms with Crippen molar-refractivity contribution < 1.29 is 23.8 Å². The molecular formula is C28H35N5O5. The van der Waals surface area contributed by atoms with Crippen LogP contribution in [-0.2, 0) is 14.3 Å². The molecule has 202 valence electrons. The van der Waals surface area contributed by atoms with Crippen LogP contribution in [0.2, 0.25) is 0 Å². The van der Waals surface area contributed by atoms with Gasteiger partial charge in [0.25, 0.3) is 0 Å². The number of aromatic nitrogens is 2. The maximum absolute atomic E-state index is 12.7. The molecule has 0 unspecified atom stereocenters. The summed E-state index contributed by atoms with van der Waals surface area (Å²) < 4.78 is 15.3. The van der Waals surface area contributed by atoms with Crippen LogP contribution in [0.25, 0.3) is 11.0 Å². The third-order valence-electron chi connectivity index (χ3n) is 7.34. The molecule has 2 aliphatic heterocycles. The van der Waals surface area contributed by atoms with E-state index < -0.39 is 6.09 Å². The van der Waals surface area contributed by atoms with Crippen molar-refractivity contribution in [2.45, 2.75) is 37.8 Å². The van der Waals surface area contributed by atoms with E-state index in [1.54, 1.807) is 12.0 Å². The van der Waals surface area contributed by atoms with Gasteiger partial charge in [0.1, 0.15) is 24.7 Å². The van der Waals surface area contributed by atoms with Gasteiger partial charge in [-0.25, -0.2) is 9.78 Å². The first-order valence-electron chi connectivity index (χ1n) is 13.2. The number of ether oxygens (including phenoxy) is 3. The predicted octanol–water partition coefficient (Wildman–Crippen LogP) is 3.95. The van der Waals surface area contributed by atoms with Gasteiger partial charge in [-0.3, -0.25) is 4.79 Å². The first kappa shape index (κ1) is 25.8. The zero-order chi connectivity index (χ0) is 26.5. The molecule has 1 aromatic heterocycles. The number of carbonyl (C=O) groups is 2. The van der Waals surface area contributed by atoms with Crippen molar-refractivity contribution in [3.63, 3.8) is 0 Å². The second-order valence-electron chi connectivity index (χ2n) is 9.68. The summed E-state index contributed by atoms with van der Waals surface area (Å²) in [6, 6.07) is 14.8. The maximum atomic E-state index is 12.7. The lowest BCUT2D eigenvalue weighted by atomic mass is 10.0. The highest BCUT2D eigenvalue weighted by Gasteiger charge is 2.32. The van der Waals surface area contributed by atoms with Crippen molar-refractivity contribution in [3.05, 3.63) is 53.9 Å². The number of benzene rings is 2. The van der Waals surface area contributed by atoms with Crippen LogP contribution in [0, 0.1) is 0 Å². The Bertz CT molecular complexity index is 1260. The molecule has 3 heterocycles. The third-order valence-corrected chi connectivity index (χ3v) is 7.34. The van der Waals surface area contributed by atoms with Crippen LogP contribution in [0.5, 0.6) is 5.75 Å². The molecule has 2 saturated heterocycles. The minimum atomic E-state index is -0.613. The molecule has 2 N–H and O–H groups in total. The molecule has 10 nitrogen and oxygen atoms in total. The highest BCUT2D eigenvalue weighted by atomic mass is 16.5. The molecule has 5 rings (SSSR count). The average molecular weight is 522 g/mol. The summed E-state index contributed by atoms with van der Waals surface area (Å²) in [5.74, 6) is 1.48. The summed E-state index contributed by atoms with van der Waals surface area (Å²) in [5, 5.41) is 2.48. The minimum absolute atomic E-state index is 0.0919. The topological polar surface area (TPSA) is 109 Å². The van der Waals surface area contributed by atoms with E-state index in [0.717, 1.165) is 54.8 Å². The fourth-order valence-electron chi connectivity index (χ4n) is 5.48. The van der Waals surface area contributed by atoms with Crippen molar-refractivity contribution in [2.75, 3.05) is 52.0 Å². The molecule has 0 saturated carbocycles. The smallest absolute Gasteiger partial charge is 0.407 e. The molecule has 2 atom stereocenters. The van der Waals surface area contributed by atoms with Gasteiger partial charge in [-0.05, 0) is 67.6 Å². The molecule has 38 heavy (non-hydrogen) atoms. The monoisotopic (exact) mass is 521 g/mol. The number of fused-ring (bicyclic) bond motifs is 1. The van der Waals surface area contributed by atoms with E-state index in [2.05, 4.69) is 50.3 Å². The zero-order valence-corrected chi connectivity index (χ0v) is 21.9. The number of nitrogens with zero attached hydrogens (tertiary/aromatic N) is 3. The van der Waals surface area contributed by atoms with Crippen molar-refractivity contribution in [1.29, 1.82) is 0 Å². The van der Waals surface area contributed by atoms with E-state index in [9.17, 15) is 9.59 Å². The summed E-state index contributed by atoms with van der Waals surface area (Å²) >= 11 is 0. The van der Waals surface area contributed by atoms with Gasteiger partial charge >= 0.3 is 6.09 Å². The summed E-state index contributed by atoms with van der Waals surface area (Å²) in [5.41, 5.74) is 4.28. The molecule has 0 bridgehead atoms. The van der Waals surface area contributed by atoms with E-state index >= 15 is 0 Å². The standard InChI is InChI=1S/C28H35N5O5/c1-36-15-16-38-21-10-8-20(9-11-21)32-13-3-5-24(32)19-7-12-22-23(17-19)31-27(30-22)25-6-4-14-33(25)26(34)18-29-28(35)37-2/h7-12,17,24-25H,3-6,13-16,18H2,1-2H3,(H,29,35)(H,30,31)/t24-,25+/m1/s1. The fraction of sp³-hybridized carbons (Fsp3) is 0.464. The zero-order valence-electron chi connectivity index (χ0n) is 21.9. The number of imidazole rings is 1. The number of hydrogen-bond donors (Lipinski definition) is 2. The second kappa shape index (κ2) is 11.7. The van der Waals surface area contributed by atoms with Crippen LogP contribution in [0.4, 0.5) is 10.5 Å². The third kappa shape index (κ3) is 5.55. The summed E-state index contributed by atoms with van der Waals surface area (Å²) in [7, 11) is 2.95. The Morgan fingerprint density at radius 1 is 1.03 bits per heavy atom. The van der Waals surface area contributed by atoms with Gasteiger partial charge in [0, 0.05) is 25.9 Å². The maximum Gasteiger partial charge on any atom is 0.407 e.